The van der Waals surface area contributed by atoms with E-state index in [0.29, 0.717) is 12.2 Å². The van der Waals surface area contributed by atoms with E-state index >= 15 is 0 Å². The molecule has 0 spiro atoms. The van der Waals surface area contributed by atoms with Gasteiger partial charge in [-0.3, -0.25) is 14.3 Å². The van der Waals surface area contributed by atoms with Crippen molar-refractivity contribution in [2.45, 2.75) is 31.5 Å². The summed E-state index contributed by atoms with van der Waals surface area (Å²) in [6.45, 7) is 1.95. The molecule has 1 aliphatic heterocycles. The van der Waals surface area contributed by atoms with Gasteiger partial charge in [0.2, 0.25) is 0 Å². The van der Waals surface area contributed by atoms with E-state index in [1.54, 1.807) is 20.2 Å². The number of nitrogens with zero attached hydrogens (tertiary/aromatic N) is 1. The van der Waals surface area contributed by atoms with Crippen molar-refractivity contribution in [3.8, 4) is 0 Å². The van der Waals surface area contributed by atoms with Crippen LogP contribution in [0.1, 0.15) is 11.8 Å². The van der Waals surface area contributed by atoms with Gasteiger partial charge in [0.1, 0.15) is 18.3 Å². The molecule has 7 nitrogen and oxygen atoms in total. The number of aryl methyl sites for hydroxylation is 1. The first-order valence-electron chi connectivity index (χ1n) is 6.17. The summed E-state index contributed by atoms with van der Waals surface area (Å²) in [5, 5.41) is 10.3. The Hall–Kier alpha value is -1.06. The van der Waals surface area contributed by atoms with Gasteiger partial charge in [-0.25, -0.2) is 0 Å². The normalized spacial score (nSPS) is 29.8. The topological polar surface area (TPSA) is 85.7 Å². The average molecular weight is 302 g/mol. The van der Waals surface area contributed by atoms with Crippen molar-refractivity contribution in [2.24, 2.45) is 0 Å². The number of rotatable bonds is 4. The second-order valence-corrected chi connectivity index (χ2v) is 5.08. The first-order chi connectivity index (χ1) is 9.49. The minimum absolute atomic E-state index is 0.192. The van der Waals surface area contributed by atoms with Crippen LogP contribution in [0.25, 0.3) is 0 Å². The third-order valence-corrected chi connectivity index (χ3v) is 3.65. The standard InChI is InChI=1S/C12H18N2O5S/c1-6-4-14(12(20)13-10(6)16)11-8(15)9(18-3)7(19-11)5-17-2/h4,7-9,11,15H,5H2,1-3H3,(H,13,16,20)/t7-,8+,9?,11-/m1/s1. The Morgan fingerprint density at radius 3 is 2.85 bits per heavy atom. The Morgan fingerprint density at radius 2 is 2.25 bits per heavy atom. The quantitative estimate of drug-likeness (QED) is 0.769. The van der Waals surface area contributed by atoms with Gasteiger partial charge in [-0.1, -0.05) is 0 Å². The fraction of sp³-hybridized carbons (Fsp3) is 0.667. The number of aliphatic hydroxyl groups is 1. The summed E-state index contributed by atoms with van der Waals surface area (Å²) in [4.78, 5) is 14.0. The van der Waals surface area contributed by atoms with Crippen LogP contribution in [0, 0.1) is 11.7 Å². The van der Waals surface area contributed by atoms with Gasteiger partial charge in [0.05, 0.1) is 6.61 Å². The predicted molar refractivity (Wildman–Crippen MR) is 73.2 cm³/mol. The molecule has 2 heterocycles. The highest BCUT2D eigenvalue weighted by molar-refractivity contribution is 7.71. The van der Waals surface area contributed by atoms with Crippen LogP contribution in [0.3, 0.4) is 0 Å². The summed E-state index contributed by atoms with van der Waals surface area (Å²) < 4.78 is 17.8. The number of hydrogen-bond donors (Lipinski definition) is 2. The number of aliphatic hydroxyl groups excluding tert-OH is 1. The predicted octanol–water partition coefficient (Wildman–Crippen LogP) is 0.134. The monoisotopic (exact) mass is 302 g/mol. The Labute approximate surface area is 121 Å². The Balaban J connectivity index is 2.36. The Bertz CT molecular complexity index is 584. The molecular weight excluding hydrogens is 284 g/mol. The van der Waals surface area contributed by atoms with Crippen LogP contribution < -0.4 is 5.56 Å². The van der Waals surface area contributed by atoms with Crippen LogP contribution in [0.2, 0.25) is 0 Å². The van der Waals surface area contributed by atoms with Gasteiger partial charge < -0.3 is 19.3 Å². The SMILES string of the molecule is COC[C@H]1O[C@@H](n2cc(C)c(=O)[nH]c2=S)[C@@H](O)C1OC. The van der Waals surface area contributed by atoms with Gasteiger partial charge in [0.15, 0.2) is 11.0 Å². The van der Waals surface area contributed by atoms with Gasteiger partial charge >= 0.3 is 0 Å². The summed E-state index contributed by atoms with van der Waals surface area (Å²) in [6.07, 6.45) is -0.981. The van der Waals surface area contributed by atoms with Gasteiger partial charge in [0.25, 0.3) is 5.56 Å². The molecule has 0 radical (unpaired) electrons. The lowest BCUT2D eigenvalue weighted by Crippen LogP contribution is -2.35. The summed E-state index contributed by atoms with van der Waals surface area (Å²) in [6, 6.07) is 0. The number of methoxy groups -OCH3 is 2. The van der Waals surface area contributed by atoms with E-state index in [-0.39, 0.29) is 10.3 Å². The van der Waals surface area contributed by atoms with Crippen LogP contribution in [-0.4, -0.2) is 53.8 Å². The lowest BCUT2D eigenvalue weighted by molar-refractivity contribution is -0.0635. The minimum atomic E-state index is -0.905. The lowest BCUT2D eigenvalue weighted by Gasteiger charge is -2.19. The number of H-pyrrole nitrogens is 1. The molecule has 4 atom stereocenters. The number of nitrogens with one attached hydrogen (secondary N) is 1. The third-order valence-electron chi connectivity index (χ3n) is 3.33. The fourth-order valence-electron chi connectivity index (χ4n) is 2.31. The van der Waals surface area contributed by atoms with Crippen LogP contribution in [-0.2, 0) is 14.2 Å². The molecule has 2 N–H and O–H groups in total. The maximum absolute atomic E-state index is 11.5. The molecule has 0 aliphatic carbocycles. The fourth-order valence-corrected chi connectivity index (χ4v) is 2.56. The van der Waals surface area contributed by atoms with E-state index in [2.05, 4.69) is 4.98 Å². The third kappa shape index (κ3) is 2.70. The average Bonchev–Trinajstić information content (AvgIpc) is 2.71. The molecular formula is C12H18N2O5S. The molecule has 1 unspecified atom stereocenters. The summed E-state index contributed by atoms with van der Waals surface area (Å²) in [7, 11) is 3.05. The molecule has 1 aliphatic rings. The van der Waals surface area contributed by atoms with Crippen molar-refractivity contribution in [1.29, 1.82) is 0 Å². The highest BCUT2D eigenvalue weighted by atomic mass is 32.1. The van der Waals surface area contributed by atoms with Crippen molar-refractivity contribution < 1.29 is 19.3 Å². The van der Waals surface area contributed by atoms with E-state index in [9.17, 15) is 9.90 Å². The molecule has 0 amide bonds. The maximum atomic E-state index is 11.5. The molecule has 1 fully saturated rings. The first-order valence-corrected chi connectivity index (χ1v) is 6.57. The molecule has 1 saturated heterocycles. The zero-order chi connectivity index (χ0) is 14.9. The summed E-state index contributed by atoms with van der Waals surface area (Å²) in [5.41, 5.74) is 0.231. The van der Waals surface area contributed by atoms with Crippen LogP contribution in [0.5, 0.6) is 0 Å². The summed E-state index contributed by atoms with van der Waals surface area (Å²) >= 11 is 5.11. The highest BCUT2D eigenvalue weighted by Gasteiger charge is 2.45. The van der Waals surface area contributed by atoms with E-state index < -0.39 is 24.5 Å². The minimum Gasteiger partial charge on any atom is -0.386 e. The first kappa shape index (κ1) is 15.3. The van der Waals surface area contributed by atoms with Crippen molar-refractivity contribution in [1.82, 2.24) is 9.55 Å². The van der Waals surface area contributed by atoms with Crippen molar-refractivity contribution in [3.63, 3.8) is 0 Å². The number of ether oxygens (including phenoxy) is 3. The summed E-state index contributed by atoms with van der Waals surface area (Å²) in [5.74, 6) is 0. The zero-order valence-corrected chi connectivity index (χ0v) is 12.3. The van der Waals surface area contributed by atoms with E-state index in [1.807, 2.05) is 0 Å². The van der Waals surface area contributed by atoms with Gasteiger partial charge in [-0.15, -0.1) is 0 Å². The molecule has 1 aromatic rings. The zero-order valence-electron chi connectivity index (χ0n) is 11.5. The molecule has 0 saturated carbocycles. The van der Waals surface area contributed by atoms with Crippen molar-refractivity contribution in [3.05, 3.63) is 26.9 Å². The largest absolute Gasteiger partial charge is 0.386 e. The Kier molecular flexibility index (Phi) is 4.71. The number of aromatic nitrogens is 2. The smallest absolute Gasteiger partial charge is 0.254 e. The molecule has 20 heavy (non-hydrogen) atoms. The van der Waals surface area contributed by atoms with E-state index in [1.165, 1.54) is 11.7 Å². The van der Waals surface area contributed by atoms with Gasteiger partial charge in [0, 0.05) is 26.0 Å². The molecule has 0 bridgehead atoms. The van der Waals surface area contributed by atoms with Gasteiger partial charge in [-0.2, -0.15) is 0 Å². The van der Waals surface area contributed by atoms with Crippen LogP contribution >= 0.6 is 12.2 Å². The van der Waals surface area contributed by atoms with Crippen LogP contribution in [0.4, 0.5) is 0 Å². The second-order valence-electron chi connectivity index (χ2n) is 4.69. The highest BCUT2D eigenvalue weighted by Crippen LogP contribution is 2.31. The molecule has 112 valence electrons. The molecule has 8 heteroatoms. The number of hydrogen-bond acceptors (Lipinski definition) is 6. The maximum Gasteiger partial charge on any atom is 0.254 e. The molecule has 0 aromatic carbocycles. The lowest BCUT2D eigenvalue weighted by atomic mass is 10.1. The molecule has 2 rings (SSSR count). The molecule has 1 aromatic heterocycles. The van der Waals surface area contributed by atoms with E-state index in [0.717, 1.165) is 0 Å². The number of aromatic amines is 1. The van der Waals surface area contributed by atoms with Crippen LogP contribution in [0.15, 0.2) is 11.0 Å². The second kappa shape index (κ2) is 6.15. The van der Waals surface area contributed by atoms with Crippen molar-refractivity contribution >= 4 is 12.2 Å². The van der Waals surface area contributed by atoms with E-state index in [4.69, 9.17) is 26.4 Å². The van der Waals surface area contributed by atoms with Gasteiger partial charge in [-0.05, 0) is 19.1 Å². The van der Waals surface area contributed by atoms with Crippen molar-refractivity contribution in [2.75, 3.05) is 20.8 Å². The Morgan fingerprint density at radius 1 is 1.55 bits per heavy atom.